The molecule has 0 aliphatic rings. The lowest BCUT2D eigenvalue weighted by atomic mass is 10.1. The first-order valence-corrected chi connectivity index (χ1v) is 11.5. The molecule has 158 valence electrons. The van der Waals surface area contributed by atoms with Gasteiger partial charge in [0.1, 0.15) is 11.6 Å². The molecular formula is C22H17FN2O4S2. The van der Waals surface area contributed by atoms with E-state index < -0.39 is 15.8 Å². The van der Waals surface area contributed by atoms with Crippen LogP contribution in [0.4, 0.5) is 15.8 Å². The number of rotatable bonds is 6. The highest BCUT2D eigenvalue weighted by Crippen LogP contribution is 2.31. The van der Waals surface area contributed by atoms with E-state index in [1.54, 1.807) is 17.5 Å². The van der Waals surface area contributed by atoms with Gasteiger partial charge < -0.3 is 10.1 Å². The second kappa shape index (κ2) is 8.37. The predicted molar refractivity (Wildman–Crippen MR) is 120 cm³/mol. The zero-order valence-corrected chi connectivity index (χ0v) is 17.9. The second-order valence-electron chi connectivity index (χ2n) is 6.57. The molecule has 1 amide bonds. The smallest absolute Gasteiger partial charge is 0.262 e. The van der Waals surface area contributed by atoms with E-state index in [1.807, 2.05) is 24.3 Å². The van der Waals surface area contributed by atoms with Crippen molar-refractivity contribution in [1.29, 1.82) is 0 Å². The first-order valence-electron chi connectivity index (χ1n) is 9.11. The highest BCUT2D eigenvalue weighted by atomic mass is 32.2. The van der Waals surface area contributed by atoms with E-state index in [0.717, 1.165) is 34.4 Å². The molecular weight excluding hydrogens is 439 g/mol. The normalized spacial score (nSPS) is 11.3. The van der Waals surface area contributed by atoms with Crippen molar-refractivity contribution in [1.82, 2.24) is 0 Å². The Morgan fingerprint density at radius 1 is 1.03 bits per heavy atom. The molecule has 0 spiro atoms. The number of sulfonamides is 1. The van der Waals surface area contributed by atoms with Crippen molar-refractivity contribution in [3.63, 3.8) is 0 Å². The number of halogens is 1. The number of thiophene rings is 1. The molecule has 0 fully saturated rings. The minimum absolute atomic E-state index is 0.102. The van der Waals surface area contributed by atoms with Gasteiger partial charge in [-0.1, -0.05) is 18.2 Å². The van der Waals surface area contributed by atoms with Crippen LogP contribution in [-0.2, 0) is 10.0 Å². The Labute approximate surface area is 182 Å². The predicted octanol–water partition coefficient (Wildman–Crippen LogP) is 5.10. The van der Waals surface area contributed by atoms with Crippen molar-refractivity contribution in [2.24, 2.45) is 0 Å². The van der Waals surface area contributed by atoms with Crippen LogP contribution in [0.1, 0.15) is 10.4 Å². The lowest BCUT2D eigenvalue weighted by Gasteiger charge is -2.14. The van der Waals surface area contributed by atoms with Gasteiger partial charge in [-0.3, -0.25) is 9.52 Å². The number of fused-ring (bicyclic) bond motifs is 1. The molecule has 1 aromatic heterocycles. The lowest BCUT2D eigenvalue weighted by Crippen LogP contribution is -2.15. The van der Waals surface area contributed by atoms with Crippen LogP contribution in [0.25, 0.3) is 10.1 Å². The summed E-state index contributed by atoms with van der Waals surface area (Å²) in [4.78, 5) is 12.7. The van der Waals surface area contributed by atoms with Gasteiger partial charge in [-0.2, -0.15) is 0 Å². The summed E-state index contributed by atoms with van der Waals surface area (Å²) in [7, 11) is -2.58. The lowest BCUT2D eigenvalue weighted by molar-refractivity contribution is 0.102. The molecule has 9 heteroatoms. The number of carbonyl (C=O) groups excluding carboxylic acids is 1. The molecule has 2 N–H and O–H groups in total. The Hall–Kier alpha value is -3.43. The molecule has 3 aromatic carbocycles. The number of methoxy groups -OCH3 is 1. The van der Waals surface area contributed by atoms with E-state index >= 15 is 0 Å². The van der Waals surface area contributed by atoms with Gasteiger partial charge in [-0.05, 0) is 48.5 Å². The molecule has 0 saturated carbocycles. The minimum Gasteiger partial charge on any atom is -0.495 e. The number of carbonyl (C=O) groups is 1. The van der Waals surface area contributed by atoms with Crippen LogP contribution in [0.2, 0.25) is 0 Å². The Kier molecular flexibility index (Phi) is 5.62. The summed E-state index contributed by atoms with van der Waals surface area (Å²) in [5.41, 5.74) is 1.06. The number of benzene rings is 3. The maximum Gasteiger partial charge on any atom is 0.262 e. The molecule has 0 radical (unpaired) electrons. The van der Waals surface area contributed by atoms with E-state index in [-0.39, 0.29) is 22.2 Å². The van der Waals surface area contributed by atoms with Crippen LogP contribution in [0, 0.1) is 5.82 Å². The highest BCUT2D eigenvalue weighted by molar-refractivity contribution is 7.92. The van der Waals surface area contributed by atoms with E-state index in [9.17, 15) is 17.6 Å². The summed E-state index contributed by atoms with van der Waals surface area (Å²) in [6.45, 7) is 0. The minimum atomic E-state index is -3.99. The summed E-state index contributed by atoms with van der Waals surface area (Å²) >= 11 is 1.47. The molecule has 4 aromatic rings. The van der Waals surface area contributed by atoms with E-state index in [0.29, 0.717) is 11.3 Å². The fourth-order valence-electron chi connectivity index (χ4n) is 3.04. The monoisotopic (exact) mass is 456 g/mol. The maximum absolute atomic E-state index is 13.1. The van der Waals surface area contributed by atoms with Gasteiger partial charge in [0.15, 0.2) is 0 Å². The fraction of sp³-hybridized carbons (Fsp3) is 0.0455. The van der Waals surface area contributed by atoms with E-state index in [4.69, 9.17) is 4.74 Å². The number of anilines is 2. The molecule has 0 aliphatic carbocycles. The van der Waals surface area contributed by atoms with Crippen LogP contribution >= 0.6 is 11.3 Å². The SMILES string of the molecule is COc1ccc(NC(=O)c2csc3ccccc23)cc1NS(=O)(=O)c1ccc(F)cc1. The Balaban J connectivity index is 1.61. The van der Waals surface area contributed by atoms with Gasteiger partial charge in [0.2, 0.25) is 0 Å². The average molecular weight is 457 g/mol. The van der Waals surface area contributed by atoms with Crippen LogP contribution in [-0.4, -0.2) is 21.4 Å². The van der Waals surface area contributed by atoms with Crippen molar-refractivity contribution < 1.29 is 22.3 Å². The number of amides is 1. The molecule has 0 bridgehead atoms. The van der Waals surface area contributed by atoms with Gasteiger partial charge in [0, 0.05) is 21.2 Å². The third-order valence-electron chi connectivity index (χ3n) is 4.55. The first kappa shape index (κ1) is 20.8. The van der Waals surface area contributed by atoms with Gasteiger partial charge in [-0.25, -0.2) is 12.8 Å². The average Bonchev–Trinajstić information content (AvgIpc) is 3.18. The molecule has 1 heterocycles. The topological polar surface area (TPSA) is 84.5 Å². The summed E-state index contributed by atoms with van der Waals surface area (Å²) in [6.07, 6.45) is 0. The number of ether oxygens (including phenoxy) is 1. The van der Waals surface area contributed by atoms with Crippen molar-refractivity contribution in [3.8, 4) is 5.75 Å². The highest BCUT2D eigenvalue weighted by Gasteiger charge is 2.18. The van der Waals surface area contributed by atoms with Crippen LogP contribution in [0.5, 0.6) is 5.75 Å². The van der Waals surface area contributed by atoms with Gasteiger partial charge in [0.25, 0.3) is 15.9 Å². The largest absolute Gasteiger partial charge is 0.495 e. The van der Waals surface area contributed by atoms with Crippen molar-refractivity contribution in [2.45, 2.75) is 4.90 Å². The standard InChI is InChI=1S/C22H17FN2O4S2/c1-29-20-11-8-15(24-22(26)18-13-30-21-5-3-2-4-17(18)21)12-19(20)25-31(27,28)16-9-6-14(23)7-10-16/h2-13,25H,1H3,(H,24,26). The van der Waals surface area contributed by atoms with Crippen LogP contribution < -0.4 is 14.8 Å². The molecule has 0 saturated heterocycles. The summed E-state index contributed by atoms with van der Waals surface area (Å²) < 4.78 is 47.1. The fourth-order valence-corrected chi connectivity index (χ4v) is 5.04. The third-order valence-corrected chi connectivity index (χ3v) is 6.90. The van der Waals surface area contributed by atoms with Crippen LogP contribution in [0.15, 0.2) is 77.0 Å². The van der Waals surface area contributed by atoms with E-state index in [1.165, 1.54) is 24.5 Å². The van der Waals surface area contributed by atoms with Gasteiger partial charge >= 0.3 is 0 Å². The summed E-state index contributed by atoms with van der Waals surface area (Å²) in [6, 6.07) is 16.7. The first-order chi connectivity index (χ1) is 14.9. The summed E-state index contributed by atoms with van der Waals surface area (Å²) in [5.74, 6) is -0.582. The number of hydrogen-bond donors (Lipinski definition) is 2. The molecule has 0 aliphatic heterocycles. The van der Waals surface area contributed by atoms with Crippen molar-refractivity contribution >= 4 is 48.7 Å². The quantitative estimate of drug-likeness (QED) is 0.423. The molecule has 0 atom stereocenters. The van der Waals surface area contributed by atoms with Crippen LogP contribution in [0.3, 0.4) is 0 Å². The number of hydrogen-bond acceptors (Lipinski definition) is 5. The Morgan fingerprint density at radius 3 is 2.52 bits per heavy atom. The van der Waals surface area contributed by atoms with Crippen molar-refractivity contribution in [2.75, 3.05) is 17.1 Å². The number of nitrogens with one attached hydrogen (secondary N) is 2. The molecule has 6 nitrogen and oxygen atoms in total. The van der Waals surface area contributed by atoms with Gasteiger partial charge in [-0.15, -0.1) is 11.3 Å². The zero-order chi connectivity index (χ0) is 22.0. The Bertz CT molecular complexity index is 1370. The molecule has 4 rings (SSSR count). The zero-order valence-electron chi connectivity index (χ0n) is 16.3. The maximum atomic E-state index is 13.1. The molecule has 0 unspecified atom stereocenters. The third kappa shape index (κ3) is 4.37. The summed E-state index contributed by atoms with van der Waals surface area (Å²) in [5, 5.41) is 5.41. The van der Waals surface area contributed by atoms with Crippen molar-refractivity contribution in [3.05, 3.63) is 83.5 Å². The van der Waals surface area contributed by atoms with Gasteiger partial charge in [0.05, 0.1) is 23.3 Å². The second-order valence-corrected chi connectivity index (χ2v) is 9.17. The molecule has 31 heavy (non-hydrogen) atoms. The Morgan fingerprint density at radius 2 is 1.77 bits per heavy atom. The van der Waals surface area contributed by atoms with E-state index in [2.05, 4.69) is 10.0 Å².